The molecule has 1 amide bonds. The van der Waals surface area contributed by atoms with E-state index in [-0.39, 0.29) is 18.2 Å². The predicted octanol–water partition coefficient (Wildman–Crippen LogP) is 4.89. The summed E-state index contributed by atoms with van der Waals surface area (Å²) in [6, 6.07) is 12.4. The summed E-state index contributed by atoms with van der Waals surface area (Å²) in [5.74, 6) is -0.0567. The third-order valence-electron chi connectivity index (χ3n) is 4.95. The van der Waals surface area contributed by atoms with Crippen LogP contribution in [0.3, 0.4) is 0 Å². The van der Waals surface area contributed by atoms with Gasteiger partial charge in [0.15, 0.2) is 11.5 Å². The third kappa shape index (κ3) is 5.62. The van der Waals surface area contributed by atoms with Gasteiger partial charge in [0, 0.05) is 25.3 Å². The average molecular weight is 470 g/mol. The molecule has 0 unspecified atom stereocenters. The number of hydrogen-bond donors (Lipinski definition) is 1. The van der Waals surface area contributed by atoms with E-state index in [9.17, 15) is 9.59 Å². The molecule has 7 nitrogen and oxygen atoms in total. The minimum Gasteiger partial charge on any atom is -0.493 e. The lowest BCUT2D eigenvalue weighted by atomic mass is 10.0. The van der Waals surface area contributed by atoms with E-state index >= 15 is 0 Å². The maximum atomic E-state index is 12.8. The van der Waals surface area contributed by atoms with Gasteiger partial charge in [0.05, 0.1) is 36.3 Å². The molecule has 1 aliphatic rings. The fourth-order valence-electron chi connectivity index (χ4n) is 3.06. The van der Waals surface area contributed by atoms with Crippen LogP contribution < -0.4 is 19.7 Å². The van der Waals surface area contributed by atoms with Crippen LogP contribution in [0.2, 0.25) is 0 Å². The van der Waals surface area contributed by atoms with E-state index in [0.29, 0.717) is 34.0 Å². The lowest BCUT2D eigenvalue weighted by Gasteiger charge is -2.17. The van der Waals surface area contributed by atoms with Crippen molar-refractivity contribution in [1.82, 2.24) is 5.32 Å². The summed E-state index contributed by atoms with van der Waals surface area (Å²) in [7, 11) is 6.90. The zero-order valence-electron chi connectivity index (χ0n) is 18.5. The fraction of sp³-hybridized carbons (Fsp3) is 0.240. The number of benzene rings is 2. The first-order valence-electron chi connectivity index (χ1n) is 9.77. The molecule has 2 aromatic rings. The molecule has 0 heterocycles. The van der Waals surface area contributed by atoms with Gasteiger partial charge in [0.2, 0.25) is 5.78 Å². The highest BCUT2D eigenvalue weighted by Gasteiger charge is 2.26. The van der Waals surface area contributed by atoms with Crippen molar-refractivity contribution < 1.29 is 19.1 Å². The first-order chi connectivity index (χ1) is 15.2. The van der Waals surface area contributed by atoms with Gasteiger partial charge in [-0.1, -0.05) is 19.0 Å². The molecule has 0 radical (unpaired) electrons. The number of carbonyl (C=O) groups is 2. The minimum absolute atomic E-state index is 0. The van der Waals surface area contributed by atoms with E-state index in [0.717, 1.165) is 5.69 Å². The second kappa shape index (κ2) is 10.8. The molecule has 0 fully saturated rings. The zero-order valence-corrected chi connectivity index (χ0v) is 19.3. The van der Waals surface area contributed by atoms with Gasteiger partial charge in [-0.25, -0.2) is 4.99 Å². The van der Waals surface area contributed by atoms with Gasteiger partial charge in [-0.05, 0) is 61.0 Å². The van der Waals surface area contributed by atoms with Crippen molar-refractivity contribution in [2.45, 2.75) is 14.4 Å². The van der Waals surface area contributed by atoms with Crippen LogP contribution >= 0.6 is 11.6 Å². The number of nitrogens with one attached hydrogen (secondary N) is 1. The fourth-order valence-corrected chi connectivity index (χ4v) is 3.26. The molecule has 0 saturated carbocycles. The average Bonchev–Trinajstić information content (AvgIpc) is 2.80. The second-order valence-corrected chi connectivity index (χ2v) is 7.64. The van der Waals surface area contributed by atoms with Crippen LogP contribution in [0.5, 0.6) is 11.5 Å². The number of rotatable bonds is 6. The summed E-state index contributed by atoms with van der Waals surface area (Å²) in [6.45, 7) is 1.72. The highest BCUT2D eigenvalue weighted by atomic mass is 35.5. The molecule has 0 saturated heterocycles. The number of ether oxygens (including phenoxy) is 2. The molecule has 0 aromatic heterocycles. The Morgan fingerprint density at radius 3 is 2.24 bits per heavy atom. The molecule has 0 bridgehead atoms. The number of ketones is 1. The lowest BCUT2D eigenvalue weighted by molar-refractivity contribution is -0.112. The van der Waals surface area contributed by atoms with Crippen molar-refractivity contribution in [3.8, 4) is 11.5 Å². The summed E-state index contributed by atoms with van der Waals surface area (Å²) < 4.78 is 10.4. The van der Waals surface area contributed by atoms with Crippen molar-refractivity contribution >= 4 is 40.4 Å². The number of nitrogens with zero attached hydrogens (tertiary/aromatic N) is 2. The van der Waals surface area contributed by atoms with Crippen molar-refractivity contribution in [1.29, 1.82) is 0 Å². The normalized spacial score (nSPS) is 14.4. The van der Waals surface area contributed by atoms with Gasteiger partial charge < -0.3 is 19.7 Å². The topological polar surface area (TPSA) is 80.2 Å². The summed E-state index contributed by atoms with van der Waals surface area (Å²) in [5, 5.41) is 2.65. The smallest absolute Gasteiger partial charge is 0.255 e. The SMILES string of the molecule is C.COc1ccc(C(=O)NC2=CC(=Nc3ccc(N(C)C)cc3)C(C)=C(Cl)C2=O)cc1OC. The highest BCUT2D eigenvalue weighted by molar-refractivity contribution is 6.49. The summed E-state index contributed by atoms with van der Waals surface area (Å²) in [6.07, 6.45) is 1.53. The Kier molecular flexibility index (Phi) is 8.43. The number of aliphatic imine (C=N–C) groups is 1. The number of Topliss-reactive ketones (excluding diaryl/α,β-unsaturated/α-hetero) is 1. The number of hydrogen-bond acceptors (Lipinski definition) is 6. The predicted molar refractivity (Wildman–Crippen MR) is 133 cm³/mol. The van der Waals surface area contributed by atoms with Crippen molar-refractivity contribution in [3.63, 3.8) is 0 Å². The van der Waals surface area contributed by atoms with E-state index < -0.39 is 11.7 Å². The Hall–Kier alpha value is -3.58. The lowest BCUT2D eigenvalue weighted by Crippen LogP contribution is -2.31. The number of allylic oxidation sites excluding steroid dienone is 3. The Morgan fingerprint density at radius 1 is 1.03 bits per heavy atom. The maximum Gasteiger partial charge on any atom is 0.255 e. The van der Waals surface area contributed by atoms with Gasteiger partial charge in [0.1, 0.15) is 0 Å². The van der Waals surface area contributed by atoms with Crippen LogP contribution in [0.15, 0.2) is 69.8 Å². The molecule has 174 valence electrons. The van der Waals surface area contributed by atoms with Crippen molar-refractivity contribution in [3.05, 3.63) is 70.4 Å². The van der Waals surface area contributed by atoms with Crippen LogP contribution in [0.1, 0.15) is 24.7 Å². The third-order valence-corrected chi connectivity index (χ3v) is 5.40. The second-order valence-electron chi connectivity index (χ2n) is 7.26. The molecule has 33 heavy (non-hydrogen) atoms. The Labute approximate surface area is 199 Å². The number of methoxy groups -OCH3 is 2. The van der Waals surface area contributed by atoms with Crippen molar-refractivity contribution in [2.75, 3.05) is 33.2 Å². The number of carbonyl (C=O) groups excluding carboxylic acids is 2. The van der Waals surface area contributed by atoms with Gasteiger partial charge in [0.25, 0.3) is 5.91 Å². The van der Waals surface area contributed by atoms with Crippen LogP contribution in [0, 0.1) is 0 Å². The molecule has 0 aliphatic heterocycles. The van der Waals surface area contributed by atoms with E-state index in [1.807, 2.05) is 43.3 Å². The van der Waals surface area contributed by atoms with Crippen LogP contribution in [0.4, 0.5) is 11.4 Å². The van der Waals surface area contributed by atoms with Crippen LogP contribution in [0.25, 0.3) is 0 Å². The summed E-state index contributed by atoms with van der Waals surface area (Å²) in [4.78, 5) is 32.0. The Morgan fingerprint density at radius 2 is 1.67 bits per heavy atom. The monoisotopic (exact) mass is 469 g/mol. The molecular formula is C25H28ClN3O4. The molecule has 0 atom stereocenters. The van der Waals surface area contributed by atoms with Gasteiger partial charge >= 0.3 is 0 Å². The van der Waals surface area contributed by atoms with E-state index in [2.05, 4.69) is 10.3 Å². The molecule has 3 rings (SSSR count). The zero-order chi connectivity index (χ0) is 23.4. The Balaban J connectivity index is 0.00000385. The first kappa shape index (κ1) is 25.7. The molecule has 2 aromatic carbocycles. The highest BCUT2D eigenvalue weighted by Crippen LogP contribution is 2.28. The van der Waals surface area contributed by atoms with Gasteiger partial charge in [-0.2, -0.15) is 0 Å². The summed E-state index contributed by atoms with van der Waals surface area (Å²) >= 11 is 6.27. The number of halogens is 1. The van der Waals surface area contributed by atoms with Gasteiger partial charge in [-0.3, -0.25) is 9.59 Å². The van der Waals surface area contributed by atoms with Crippen molar-refractivity contribution in [2.24, 2.45) is 4.99 Å². The van der Waals surface area contributed by atoms with E-state index in [1.165, 1.54) is 26.4 Å². The molecule has 8 heteroatoms. The standard InChI is InChI=1S/C24H24ClN3O4.CH4/c1-14-18(26-16-7-9-17(10-8-16)28(2)3)13-19(23(29)22(14)25)27-24(30)15-6-11-20(31-4)21(12-15)32-5;/h6-13H,1-5H3,(H,27,30);1H4. The quantitative estimate of drug-likeness (QED) is 0.609. The molecular weight excluding hydrogens is 442 g/mol. The molecule has 1 aliphatic carbocycles. The van der Waals surface area contributed by atoms with E-state index in [4.69, 9.17) is 21.1 Å². The number of amides is 1. The maximum absolute atomic E-state index is 12.8. The number of anilines is 1. The first-order valence-corrected chi connectivity index (χ1v) is 10.2. The van der Waals surface area contributed by atoms with Crippen LogP contribution in [-0.2, 0) is 4.79 Å². The van der Waals surface area contributed by atoms with Crippen LogP contribution in [-0.4, -0.2) is 45.7 Å². The molecule has 1 N–H and O–H groups in total. The van der Waals surface area contributed by atoms with Gasteiger partial charge in [-0.15, -0.1) is 0 Å². The largest absolute Gasteiger partial charge is 0.493 e. The minimum atomic E-state index is -0.482. The molecule has 0 spiro atoms. The summed E-state index contributed by atoms with van der Waals surface area (Å²) in [5.41, 5.74) is 3.12. The van der Waals surface area contributed by atoms with E-state index in [1.54, 1.807) is 19.1 Å². The Bertz CT molecular complexity index is 1150.